The molecular weight excluding hydrogens is 269 g/mol. The first kappa shape index (κ1) is 14.0. The van der Waals surface area contributed by atoms with E-state index in [1.54, 1.807) is 16.7 Å². The van der Waals surface area contributed by atoms with Crippen LogP contribution in [-0.2, 0) is 13.2 Å². The summed E-state index contributed by atoms with van der Waals surface area (Å²) in [6, 6.07) is 4.41. The fourth-order valence-electron chi connectivity index (χ4n) is 1.88. The lowest BCUT2D eigenvalue weighted by atomic mass is 10.1. The summed E-state index contributed by atoms with van der Waals surface area (Å²) in [6.07, 6.45) is 0. The SMILES string of the molecule is CC(C)Cn1c(CO)nnc1-c1ccc(Cl)cc1F. The summed E-state index contributed by atoms with van der Waals surface area (Å²) in [4.78, 5) is 0. The average molecular weight is 284 g/mol. The maximum absolute atomic E-state index is 13.9. The minimum Gasteiger partial charge on any atom is -0.388 e. The second-order valence-electron chi connectivity index (χ2n) is 4.73. The van der Waals surface area contributed by atoms with Crippen LogP contribution in [0.1, 0.15) is 19.7 Å². The van der Waals surface area contributed by atoms with E-state index >= 15 is 0 Å². The minimum atomic E-state index is -0.450. The van der Waals surface area contributed by atoms with Crippen LogP contribution in [0.2, 0.25) is 5.02 Å². The third-order valence-electron chi connectivity index (χ3n) is 2.69. The molecule has 19 heavy (non-hydrogen) atoms. The highest BCUT2D eigenvalue weighted by Crippen LogP contribution is 2.25. The van der Waals surface area contributed by atoms with Crippen molar-refractivity contribution in [1.29, 1.82) is 0 Å². The Balaban J connectivity index is 2.52. The van der Waals surface area contributed by atoms with Crippen LogP contribution in [0.4, 0.5) is 4.39 Å². The van der Waals surface area contributed by atoms with Gasteiger partial charge < -0.3 is 9.67 Å². The number of halogens is 2. The lowest BCUT2D eigenvalue weighted by molar-refractivity contribution is 0.262. The largest absolute Gasteiger partial charge is 0.388 e. The molecule has 0 aliphatic carbocycles. The van der Waals surface area contributed by atoms with Crippen molar-refractivity contribution in [1.82, 2.24) is 14.8 Å². The van der Waals surface area contributed by atoms with Crippen LogP contribution in [0, 0.1) is 11.7 Å². The number of aliphatic hydroxyl groups is 1. The van der Waals surface area contributed by atoms with Gasteiger partial charge in [-0.1, -0.05) is 25.4 Å². The first-order chi connectivity index (χ1) is 9.02. The monoisotopic (exact) mass is 283 g/mol. The van der Waals surface area contributed by atoms with Crippen LogP contribution >= 0.6 is 11.6 Å². The summed E-state index contributed by atoms with van der Waals surface area (Å²) in [7, 11) is 0. The molecule has 2 rings (SSSR count). The Morgan fingerprint density at radius 3 is 2.68 bits per heavy atom. The van der Waals surface area contributed by atoms with Gasteiger partial charge in [0.15, 0.2) is 11.6 Å². The minimum absolute atomic E-state index is 0.227. The van der Waals surface area contributed by atoms with Crippen LogP contribution < -0.4 is 0 Å². The average Bonchev–Trinajstić information content (AvgIpc) is 2.71. The number of hydrogen-bond donors (Lipinski definition) is 1. The van der Waals surface area contributed by atoms with Gasteiger partial charge in [0, 0.05) is 11.6 Å². The molecule has 1 aromatic carbocycles. The molecule has 4 nitrogen and oxygen atoms in total. The molecule has 6 heteroatoms. The standard InChI is InChI=1S/C13H15ClFN3O/c1-8(2)6-18-12(7-19)16-17-13(18)10-4-3-9(14)5-11(10)15/h3-5,8,19H,6-7H2,1-2H3. The Bertz CT molecular complexity index is 583. The molecule has 0 aliphatic heterocycles. The molecule has 0 aliphatic rings. The zero-order valence-corrected chi connectivity index (χ0v) is 11.5. The van der Waals surface area contributed by atoms with Crippen LogP contribution in [-0.4, -0.2) is 19.9 Å². The highest BCUT2D eigenvalue weighted by Gasteiger charge is 2.17. The van der Waals surface area contributed by atoms with Crippen molar-refractivity contribution in [2.75, 3.05) is 0 Å². The molecule has 0 fully saturated rings. The molecule has 1 heterocycles. The second kappa shape index (κ2) is 5.67. The van der Waals surface area contributed by atoms with Crippen LogP contribution in [0.3, 0.4) is 0 Å². The van der Waals surface area contributed by atoms with Gasteiger partial charge in [0.25, 0.3) is 0 Å². The maximum atomic E-state index is 13.9. The van der Waals surface area contributed by atoms with Gasteiger partial charge in [-0.05, 0) is 24.1 Å². The smallest absolute Gasteiger partial charge is 0.167 e. The zero-order chi connectivity index (χ0) is 14.0. The van der Waals surface area contributed by atoms with Gasteiger partial charge in [-0.25, -0.2) is 4.39 Å². The number of nitrogens with zero attached hydrogens (tertiary/aromatic N) is 3. The van der Waals surface area contributed by atoms with E-state index in [-0.39, 0.29) is 6.61 Å². The van der Waals surface area contributed by atoms with Crippen molar-refractivity contribution in [3.05, 3.63) is 34.9 Å². The van der Waals surface area contributed by atoms with Crippen LogP contribution in [0.5, 0.6) is 0 Å². The van der Waals surface area contributed by atoms with Gasteiger partial charge in [-0.2, -0.15) is 0 Å². The van der Waals surface area contributed by atoms with Crippen molar-refractivity contribution in [2.45, 2.75) is 27.0 Å². The summed E-state index contributed by atoms with van der Waals surface area (Å²) in [5.41, 5.74) is 0.331. The van der Waals surface area contributed by atoms with E-state index < -0.39 is 5.82 Å². The number of hydrogen-bond acceptors (Lipinski definition) is 3. The molecule has 0 saturated heterocycles. The van der Waals surface area contributed by atoms with Crippen molar-refractivity contribution in [3.63, 3.8) is 0 Å². The molecule has 102 valence electrons. The number of benzene rings is 1. The lowest BCUT2D eigenvalue weighted by Gasteiger charge is -2.12. The van der Waals surface area contributed by atoms with E-state index in [0.717, 1.165) is 0 Å². The highest BCUT2D eigenvalue weighted by atomic mass is 35.5. The fraction of sp³-hybridized carbons (Fsp3) is 0.385. The van der Waals surface area contributed by atoms with Gasteiger partial charge in [0.1, 0.15) is 12.4 Å². The predicted molar refractivity (Wildman–Crippen MR) is 71.2 cm³/mol. The van der Waals surface area contributed by atoms with Crippen molar-refractivity contribution in [3.8, 4) is 11.4 Å². The molecule has 0 unspecified atom stereocenters. The topological polar surface area (TPSA) is 50.9 Å². The Labute approximate surface area is 115 Å². The Morgan fingerprint density at radius 2 is 2.11 bits per heavy atom. The van der Waals surface area contributed by atoms with E-state index in [1.165, 1.54) is 6.07 Å². The fourth-order valence-corrected chi connectivity index (χ4v) is 2.04. The molecule has 1 N–H and O–H groups in total. The first-order valence-electron chi connectivity index (χ1n) is 6.01. The molecular formula is C13H15ClFN3O. The first-order valence-corrected chi connectivity index (χ1v) is 6.39. The van der Waals surface area contributed by atoms with Crippen LogP contribution in [0.15, 0.2) is 18.2 Å². The molecule has 0 atom stereocenters. The number of rotatable bonds is 4. The Kier molecular flexibility index (Phi) is 4.17. The van der Waals surface area contributed by atoms with Crippen molar-refractivity contribution >= 4 is 11.6 Å². The molecule has 2 aromatic rings. The lowest BCUT2D eigenvalue weighted by Crippen LogP contribution is -2.10. The highest BCUT2D eigenvalue weighted by molar-refractivity contribution is 6.30. The van der Waals surface area contributed by atoms with Gasteiger partial charge in [-0.3, -0.25) is 0 Å². The molecule has 0 spiro atoms. The second-order valence-corrected chi connectivity index (χ2v) is 5.16. The molecule has 0 amide bonds. The molecule has 0 radical (unpaired) electrons. The summed E-state index contributed by atoms with van der Waals surface area (Å²) < 4.78 is 15.7. The third-order valence-corrected chi connectivity index (χ3v) is 2.92. The number of aliphatic hydroxyl groups excluding tert-OH is 1. The Hall–Kier alpha value is -1.46. The molecule has 1 aromatic heterocycles. The van der Waals surface area contributed by atoms with E-state index in [2.05, 4.69) is 10.2 Å². The maximum Gasteiger partial charge on any atom is 0.167 e. The van der Waals surface area contributed by atoms with Crippen molar-refractivity contribution < 1.29 is 9.50 Å². The van der Waals surface area contributed by atoms with E-state index in [0.29, 0.717) is 34.7 Å². The van der Waals surface area contributed by atoms with Crippen LogP contribution in [0.25, 0.3) is 11.4 Å². The van der Waals surface area contributed by atoms with Gasteiger partial charge in [0.2, 0.25) is 0 Å². The summed E-state index contributed by atoms with van der Waals surface area (Å²) in [6.45, 7) is 4.45. The summed E-state index contributed by atoms with van der Waals surface area (Å²) in [5.74, 6) is 0.717. The van der Waals surface area contributed by atoms with E-state index in [1.807, 2.05) is 13.8 Å². The van der Waals surface area contributed by atoms with Crippen molar-refractivity contribution in [2.24, 2.45) is 5.92 Å². The van der Waals surface area contributed by atoms with E-state index in [9.17, 15) is 9.50 Å². The summed E-state index contributed by atoms with van der Waals surface area (Å²) in [5, 5.41) is 17.5. The zero-order valence-electron chi connectivity index (χ0n) is 10.8. The third kappa shape index (κ3) is 2.93. The van der Waals surface area contributed by atoms with Gasteiger partial charge in [-0.15, -0.1) is 10.2 Å². The predicted octanol–water partition coefficient (Wildman–Crippen LogP) is 2.89. The summed E-state index contributed by atoms with van der Waals surface area (Å²) >= 11 is 5.74. The normalized spacial score (nSPS) is 11.3. The molecule has 0 saturated carbocycles. The van der Waals surface area contributed by atoms with Gasteiger partial charge in [0.05, 0.1) is 5.56 Å². The quantitative estimate of drug-likeness (QED) is 0.939. The molecule has 0 bridgehead atoms. The number of aromatic nitrogens is 3. The van der Waals surface area contributed by atoms with Gasteiger partial charge >= 0.3 is 0 Å². The van der Waals surface area contributed by atoms with E-state index in [4.69, 9.17) is 11.6 Å². The Morgan fingerprint density at radius 1 is 1.37 bits per heavy atom.